The van der Waals surface area contributed by atoms with Gasteiger partial charge in [-0.15, -0.1) is 11.8 Å². The van der Waals surface area contributed by atoms with Gasteiger partial charge in [-0.05, 0) is 32.9 Å². The zero-order valence-electron chi connectivity index (χ0n) is 15.9. The highest BCUT2D eigenvalue weighted by Gasteiger charge is 2.21. The van der Waals surface area contributed by atoms with E-state index >= 15 is 0 Å². The summed E-state index contributed by atoms with van der Waals surface area (Å²) >= 11 is 1.50. The van der Waals surface area contributed by atoms with E-state index in [1.165, 1.54) is 11.8 Å². The molecule has 2 aromatic rings. The predicted molar refractivity (Wildman–Crippen MR) is 102 cm³/mol. The number of benzene rings is 1. The first-order valence-corrected chi connectivity index (χ1v) is 9.53. The van der Waals surface area contributed by atoms with Crippen LogP contribution in [0.2, 0.25) is 0 Å². The first kappa shape index (κ1) is 21.0. The van der Waals surface area contributed by atoms with Gasteiger partial charge in [0.15, 0.2) is 6.10 Å². The number of nitrogens with zero attached hydrogens (tertiary/aromatic N) is 1. The van der Waals surface area contributed by atoms with Gasteiger partial charge >= 0.3 is 5.97 Å². The summed E-state index contributed by atoms with van der Waals surface area (Å²) in [6.07, 6.45) is -0.894. The molecule has 8 heteroatoms. The molecule has 0 aliphatic carbocycles. The maximum absolute atomic E-state index is 12.5. The Morgan fingerprint density at radius 3 is 2.70 bits per heavy atom. The number of ether oxygens (including phenoxy) is 2. The fourth-order valence-electron chi connectivity index (χ4n) is 2.32. The number of hydrogen-bond acceptors (Lipinski definition) is 7. The van der Waals surface area contributed by atoms with E-state index in [2.05, 4.69) is 10.5 Å². The lowest BCUT2D eigenvalue weighted by Crippen LogP contribution is -2.37. The molecule has 0 aliphatic heterocycles. The highest BCUT2D eigenvalue weighted by atomic mass is 32.2. The van der Waals surface area contributed by atoms with Gasteiger partial charge in [-0.1, -0.05) is 17.3 Å². The number of carbonyl (C=O) groups is 2. The number of rotatable bonds is 9. The second kappa shape index (κ2) is 10.1. The molecule has 27 heavy (non-hydrogen) atoms. The molecule has 0 saturated carbocycles. The predicted octanol–water partition coefficient (Wildman–Crippen LogP) is 2.89. The van der Waals surface area contributed by atoms with Crippen LogP contribution >= 0.6 is 11.8 Å². The van der Waals surface area contributed by atoms with Gasteiger partial charge in [0, 0.05) is 29.9 Å². The van der Waals surface area contributed by atoms with E-state index in [0.717, 1.165) is 21.9 Å². The van der Waals surface area contributed by atoms with Crippen molar-refractivity contribution in [2.75, 3.05) is 20.3 Å². The Hall–Kier alpha value is -2.32. The number of amides is 1. The molecule has 1 heterocycles. The lowest BCUT2D eigenvalue weighted by Gasteiger charge is -2.15. The van der Waals surface area contributed by atoms with E-state index in [4.69, 9.17) is 14.0 Å². The van der Waals surface area contributed by atoms with Crippen LogP contribution in [0.5, 0.6) is 0 Å². The van der Waals surface area contributed by atoms with Gasteiger partial charge in [0.25, 0.3) is 5.91 Å². The minimum absolute atomic E-state index is 0.360. The lowest BCUT2D eigenvalue weighted by atomic mass is 10.2. The average molecular weight is 392 g/mol. The number of hydrogen-bond donors (Lipinski definition) is 1. The van der Waals surface area contributed by atoms with Crippen molar-refractivity contribution in [2.45, 2.75) is 37.5 Å². The Labute approximate surface area is 162 Å². The number of methoxy groups -OCH3 is 1. The molecule has 1 amide bonds. The van der Waals surface area contributed by atoms with Crippen LogP contribution in [0.1, 0.15) is 34.3 Å². The zero-order valence-corrected chi connectivity index (χ0v) is 16.7. The van der Waals surface area contributed by atoms with Crippen LogP contribution in [-0.4, -0.2) is 43.4 Å². The molecule has 0 saturated heterocycles. The molecule has 0 radical (unpaired) electrons. The summed E-state index contributed by atoms with van der Waals surface area (Å²) in [6, 6.07) is 7.16. The SMILES string of the molecule is COCCNC(=O)[C@H](C)OC(=O)c1ccccc1SCc1c(C)noc1C. The number of thioether (sulfide) groups is 1. The molecule has 0 bridgehead atoms. The molecular formula is C19H24N2O5S. The van der Waals surface area contributed by atoms with Crippen LogP contribution in [0.15, 0.2) is 33.7 Å². The molecule has 0 fully saturated rings. The van der Waals surface area contributed by atoms with Crippen LogP contribution in [0.25, 0.3) is 0 Å². The highest BCUT2D eigenvalue weighted by Crippen LogP contribution is 2.29. The maximum Gasteiger partial charge on any atom is 0.340 e. The molecular weight excluding hydrogens is 368 g/mol. The normalized spacial score (nSPS) is 11.9. The fourth-order valence-corrected chi connectivity index (χ4v) is 3.51. The highest BCUT2D eigenvalue weighted by molar-refractivity contribution is 7.98. The van der Waals surface area contributed by atoms with Crippen molar-refractivity contribution in [1.82, 2.24) is 10.5 Å². The summed E-state index contributed by atoms with van der Waals surface area (Å²) in [5, 5.41) is 6.59. The van der Waals surface area contributed by atoms with Crippen molar-refractivity contribution in [1.29, 1.82) is 0 Å². The Balaban J connectivity index is 2.01. The first-order valence-electron chi connectivity index (χ1n) is 8.55. The first-order chi connectivity index (χ1) is 12.9. The fraction of sp³-hybridized carbons (Fsp3) is 0.421. The van der Waals surface area contributed by atoms with Crippen molar-refractivity contribution in [3.05, 3.63) is 46.8 Å². The van der Waals surface area contributed by atoms with Gasteiger partial charge in [0.2, 0.25) is 0 Å². The summed E-state index contributed by atoms with van der Waals surface area (Å²) in [6.45, 7) is 6.05. The van der Waals surface area contributed by atoms with Crippen LogP contribution in [-0.2, 0) is 20.0 Å². The number of aryl methyl sites for hydroxylation is 2. The topological polar surface area (TPSA) is 90.7 Å². The third kappa shape index (κ3) is 5.83. The van der Waals surface area contributed by atoms with Crippen LogP contribution < -0.4 is 5.32 Å². The summed E-state index contributed by atoms with van der Waals surface area (Å²) in [5.74, 6) is 0.493. The van der Waals surface area contributed by atoms with Gasteiger partial charge in [-0.2, -0.15) is 0 Å². The molecule has 0 unspecified atom stereocenters. The van der Waals surface area contributed by atoms with Crippen LogP contribution in [0, 0.1) is 13.8 Å². The Morgan fingerprint density at radius 2 is 2.04 bits per heavy atom. The summed E-state index contributed by atoms with van der Waals surface area (Å²) in [7, 11) is 1.55. The van der Waals surface area contributed by atoms with E-state index in [0.29, 0.717) is 24.5 Å². The Kier molecular flexibility index (Phi) is 7.87. The largest absolute Gasteiger partial charge is 0.449 e. The molecule has 1 aromatic carbocycles. The smallest absolute Gasteiger partial charge is 0.340 e. The minimum atomic E-state index is -0.894. The number of esters is 1. The monoisotopic (exact) mass is 392 g/mol. The minimum Gasteiger partial charge on any atom is -0.449 e. The second-order valence-corrected chi connectivity index (χ2v) is 6.94. The zero-order chi connectivity index (χ0) is 19.8. The maximum atomic E-state index is 12.5. The Morgan fingerprint density at radius 1 is 1.30 bits per heavy atom. The van der Waals surface area contributed by atoms with Crippen LogP contribution in [0.3, 0.4) is 0 Å². The van der Waals surface area contributed by atoms with E-state index in [-0.39, 0.29) is 5.91 Å². The third-order valence-electron chi connectivity index (χ3n) is 3.92. The van der Waals surface area contributed by atoms with Gasteiger partial charge in [-0.3, -0.25) is 4.79 Å². The number of aromatic nitrogens is 1. The lowest BCUT2D eigenvalue weighted by molar-refractivity contribution is -0.129. The van der Waals surface area contributed by atoms with E-state index in [1.54, 1.807) is 26.2 Å². The molecule has 7 nitrogen and oxygen atoms in total. The molecule has 2 rings (SSSR count). The Bertz CT molecular complexity index is 771. The molecule has 1 atom stereocenters. The molecule has 0 spiro atoms. The van der Waals surface area contributed by atoms with Gasteiger partial charge in [0.05, 0.1) is 17.9 Å². The van der Waals surface area contributed by atoms with E-state index < -0.39 is 12.1 Å². The van der Waals surface area contributed by atoms with E-state index in [9.17, 15) is 9.59 Å². The quantitative estimate of drug-likeness (QED) is 0.399. The van der Waals surface area contributed by atoms with Crippen LogP contribution in [0.4, 0.5) is 0 Å². The molecule has 1 N–H and O–H groups in total. The number of carbonyl (C=O) groups excluding carboxylic acids is 2. The second-order valence-electron chi connectivity index (χ2n) is 5.92. The van der Waals surface area contributed by atoms with Crippen molar-refractivity contribution < 1.29 is 23.6 Å². The third-order valence-corrected chi connectivity index (χ3v) is 5.02. The molecule has 1 aromatic heterocycles. The summed E-state index contributed by atoms with van der Waals surface area (Å²) < 4.78 is 15.4. The van der Waals surface area contributed by atoms with E-state index in [1.807, 2.05) is 26.0 Å². The summed E-state index contributed by atoms with van der Waals surface area (Å²) in [4.78, 5) is 25.3. The van der Waals surface area contributed by atoms with Gasteiger partial charge in [-0.25, -0.2) is 4.79 Å². The van der Waals surface area contributed by atoms with Gasteiger partial charge in [0.1, 0.15) is 5.76 Å². The van der Waals surface area contributed by atoms with Crippen molar-refractivity contribution in [3.63, 3.8) is 0 Å². The average Bonchev–Trinajstić information content (AvgIpc) is 2.98. The standard InChI is InChI=1S/C19H24N2O5S/c1-12-16(13(2)26-21-12)11-27-17-8-6-5-7-15(17)19(23)25-14(3)18(22)20-9-10-24-4/h5-8,14H,9-11H2,1-4H3,(H,20,22)/t14-/m0/s1. The van der Waals surface area contributed by atoms with Crippen molar-refractivity contribution >= 4 is 23.6 Å². The summed E-state index contributed by atoms with van der Waals surface area (Å²) in [5.41, 5.74) is 2.27. The molecule has 0 aliphatic rings. The van der Waals surface area contributed by atoms with Crippen molar-refractivity contribution in [3.8, 4) is 0 Å². The molecule has 146 valence electrons. The van der Waals surface area contributed by atoms with Crippen molar-refractivity contribution in [2.24, 2.45) is 0 Å². The van der Waals surface area contributed by atoms with Gasteiger partial charge < -0.3 is 19.3 Å². The number of nitrogens with one attached hydrogen (secondary N) is 1.